The fourth-order valence-corrected chi connectivity index (χ4v) is 1.95. The van der Waals surface area contributed by atoms with Crippen molar-refractivity contribution in [2.45, 2.75) is 13.3 Å². The zero-order valence-electron chi connectivity index (χ0n) is 9.71. The number of hydrogen-bond acceptors (Lipinski definition) is 2. The summed E-state index contributed by atoms with van der Waals surface area (Å²) in [5, 5.41) is 0.631. The number of rotatable bonds is 1. The summed E-state index contributed by atoms with van der Waals surface area (Å²) in [6.07, 6.45) is 3.83. The van der Waals surface area contributed by atoms with E-state index in [1.807, 2.05) is 6.07 Å². The lowest BCUT2D eigenvalue weighted by Crippen LogP contribution is -1.92. The Balaban J connectivity index is 0.000000386. The van der Waals surface area contributed by atoms with Gasteiger partial charge in [-0.25, -0.2) is 0 Å². The van der Waals surface area contributed by atoms with Gasteiger partial charge in [-0.3, -0.25) is 4.79 Å². The molecule has 0 unspecified atom stereocenters. The van der Waals surface area contributed by atoms with Gasteiger partial charge in [0.2, 0.25) is 0 Å². The molecule has 86 valence electrons. The van der Waals surface area contributed by atoms with Crippen molar-refractivity contribution in [1.82, 2.24) is 0 Å². The monoisotopic (exact) mass is 238 g/mol. The molecule has 0 amide bonds. The van der Waals surface area contributed by atoms with Gasteiger partial charge in [0, 0.05) is 24.8 Å². The number of benzene rings is 1. The second kappa shape index (κ2) is 5.83. The van der Waals surface area contributed by atoms with E-state index in [1.165, 1.54) is 5.57 Å². The molecule has 0 saturated carbocycles. The first kappa shape index (κ1) is 12.9. The average Bonchev–Trinajstić information content (AvgIpc) is 2.58. The first-order valence-electron chi connectivity index (χ1n) is 4.97. The van der Waals surface area contributed by atoms with Crippen molar-refractivity contribution in [1.29, 1.82) is 0 Å². The summed E-state index contributed by atoms with van der Waals surface area (Å²) in [6.45, 7) is 2.06. The number of halogens is 1. The highest BCUT2D eigenvalue weighted by Gasteiger charge is 2.14. The van der Waals surface area contributed by atoms with E-state index in [-0.39, 0.29) is 0 Å². The van der Waals surface area contributed by atoms with Crippen LogP contribution in [-0.2, 0) is 11.2 Å². The van der Waals surface area contributed by atoms with Gasteiger partial charge < -0.3 is 4.74 Å². The fourth-order valence-electron chi connectivity index (χ4n) is 1.71. The Bertz CT molecular complexity index is 422. The lowest BCUT2D eigenvalue weighted by Gasteiger charge is -2.02. The topological polar surface area (TPSA) is 26.3 Å². The molecule has 2 nitrogen and oxygen atoms in total. The summed E-state index contributed by atoms with van der Waals surface area (Å²) < 4.78 is 4.25. The molecule has 1 aliphatic rings. The van der Waals surface area contributed by atoms with Crippen LogP contribution in [0.3, 0.4) is 0 Å². The number of hydrogen-bond donors (Lipinski definition) is 0. The fraction of sp³-hybridized carbons (Fsp3) is 0.308. The molecule has 1 aromatic carbocycles. The number of carbonyl (C=O) groups is 1. The molecule has 0 saturated heterocycles. The standard InChI is InChI=1S/C11H9ClO.C2H6O/c1-7-2-8-4-10(12)5-9(6-13)11(8)3-7;1-3-2/h2,4-6H,3H2,1H3;1-2H3. The van der Waals surface area contributed by atoms with Gasteiger partial charge in [0.1, 0.15) is 6.29 Å². The van der Waals surface area contributed by atoms with E-state index in [9.17, 15) is 4.79 Å². The Labute approximate surface area is 101 Å². The van der Waals surface area contributed by atoms with Crippen LogP contribution in [0.2, 0.25) is 5.02 Å². The van der Waals surface area contributed by atoms with E-state index >= 15 is 0 Å². The predicted molar refractivity (Wildman–Crippen MR) is 67.1 cm³/mol. The minimum Gasteiger partial charge on any atom is -0.388 e. The summed E-state index contributed by atoms with van der Waals surface area (Å²) in [4.78, 5) is 10.7. The van der Waals surface area contributed by atoms with Crippen molar-refractivity contribution in [3.8, 4) is 0 Å². The summed E-state index contributed by atoms with van der Waals surface area (Å²) in [7, 11) is 3.25. The van der Waals surface area contributed by atoms with Gasteiger partial charge in [-0.2, -0.15) is 0 Å². The molecule has 16 heavy (non-hydrogen) atoms. The molecular weight excluding hydrogens is 224 g/mol. The van der Waals surface area contributed by atoms with Gasteiger partial charge >= 0.3 is 0 Å². The molecule has 1 aromatic rings. The van der Waals surface area contributed by atoms with E-state index in [1.54, 1.807) is 20.3 Å². The minimum absolute atomic E-state index is 0.631. The van der Waals surface area contributed by atoms with Crippen LogP contribution in [0.15, 0.2) is 17.7 Å². The van der Waals surface area contributed by atoms with E-state index in [2.05, 4.69) is 17.7 Å². The molecule has 0 fully saturated rings. The minimum atomic E-state index is 0.631. The van der Waals surface area contributed by atoms with Crippen LogP contribution in [0.25, 0.3) is 6.08 Å². The Morgan fingerprint density at radius 1 is 1.38 bits per heavy atom. The summed E-state index contributed by atoms with van der Waals surface area (Å²) in [6, 6.07) is 3.63. The molecule has 1 aliphatic carbocycles. The molecule has 3 heteroatoms. The van der Waals surface area contributed by atoms with Crippen LogP contribution in [0, 0.1) is 0 Å². The first-order valence-corrected chi connectivity index (χ1v) is 5.35. The number of fused-ring (bicyclic) bond motifs is 1. The normalized spacial score (nSPS) is 12.4. The maximum atomic E-state index is 10.7. The molecule has 0 aromatic heterocycles. The van der Waals surface area contributed by atoms with Crippen molar-refractivity contribution < 1.29 is 9.53 Å². The van der Waals surface area contributed by atoms with E-state index in [0.29, 0.717) is 5.02 Å². The third-order valence-electron chi connectivity index (χ3n) is 2.27. The molecule has 0 aliphatic heterocycles. The number of ether oxygens (including phenoxy) is 1. The lowest BCUT2D eigenvalue weighted by atomic mass is 10.0. The summed E-state index contributed by atoms with van der Waals surface area (Å²) in [5.74, 6) is 0. The van der Waals surface area contributed by atoms with Gasteiger partial charge in [0.15, 0.2) is 0 Å². The summed E-state index contributed by atoms with van der Waals surface area (Å²) >= 11 is 5.87. The predicted octanol–water partition coefficient (Wildman–Crippen LogP) is 3.37. The molecule has 2 rings (SSSR count). The van der Waals surface area contributed by atoms with Crippen LogP contribution < -0.4 is 0 Å². The maximum Gasteiger partial charge on any atom is 0.150 e. The Morgan fingerprint density at radius 2 is 2.00 bits per heavy atom. The third-order valence-corrected chi connectivity index (χ3v) is 2.49. The van der Waals surface area contributed by atoms with Crippen molar-refractivity contribution in [3.63, 3.8) is 0 Å². The van der Waals surface area contributed by atoms with Crippen molar-refractivity contribution in [2.75, 3.05) is 14.2 Å². The molecular formula is C13H15ClO2. The Morgan fingerprint density at radius 3 is 2.56 bits per heavy atom. The van der Waals surface area contributed by atoms with Gasteiger partial charge in [0.25, 0.3) is 0 Å². The van der Waals surface area contributed by atoms with Crippen LogP contribution in [0.5, 0.6) is 0 Å². The number of aldehydes is 1. The zero-order chi connectivity index (χ0) is 12.1. The highest BCUT2D eigenvalue weighted by Crippen LogP contribution is 2.29. The van der Waals surface area contributed by atoms with Crippen molar-refractivity contribution >= 4 is 24.0 Å². The van der Waals surface area contributed by atoms with Crippen LogP contribution in [-0.4, -0.2) is 20.5 Å². The second-order valence-corrected chi connectivity index (χ2v) is 4.19. The largest absolute Gasteiger partial charge is 0.388 e. The molecule has 0 N–H and O–H groups in total. The lowest BCUT2D eigenvalue weighted by molar-refractivity contribution is 0.112. The molecule has 0 bridgehead atoms. The highest BCUT2D eigenvalue weighted by molar-refractivity contribution is 6.31. The van der Waals surface area contributed by atoms with E-state index in [0.717, 1.165) is 29.4 Å². The zero-order valence-corrected chi connectivity index (χ0v) is 10.5. The second-order valence-electron chi connectivity index (χ2n) is 3.76. The van der Waals surface area contributed by atoms with E-state index in [4.69, 9.17) is 11.6 Å². The highest BCUT2D eigenvalue weighted by atomic mass is 35.5. The maximum absolute atomic E-state index is 10.7. The molecule has 0 spiro atoms. The molecule has 0 radical (unpaired) electrons. The summed E-state index contributed by atoms with van der Waals surface area (Å²) in [5.41, 5.74) is 4.19. The van der Waals surface area contributed by atoms with Crippen molar-refractivity contribution in [2.24, 2.45) is 0 Å². The Kier molecular flexibility index (Phi) is 4.71. The van der Waals surface area contributed by atoms with E-state index < -0.39 is 0 Å². The van der Waals surface area contributed by atoms with Gasteiger partial charge in [0.05, 0.1) is 0 Å². The Hall–Kier alpha value is -1.12. The van der Waals surface area contributed by atoms with Crippen LogP contribution in [0.4, 0.5) is 0 Å². The average molecular weight is 239 g/mol. The third kappa shape index (κ3) is 2.94. The van der Waals surface area contributed by atoms with Gasteiger partial charge in [-0.05, 0) is 36.6 Å². The van der Waals surface area contributed by atoms with Gasteiger partial charge in [-0.15, -0.1) is 0 Å². The molecule has 0 heterocycles. The first-order chi connectivity index (χ1) is 7.62. The van der Waals surface area contributed by atoms with Crippen molar-refractivity contribution in [3.05, 3.63) is 39.4 Å². The van der Waals surface area contributed by atoms with Gasteiger partial charge in [-0.1, -0.05) is 23.3 Å². The quantitative estimate of drug-likeness (QED) is 0.702. The SMILES string of the molecule is CC1=Cc2cc(Cl)cc(C=O)c2C1.COC. The molecule has 0 atom stereocenters. The van der Waals surface area contributed by atoms with Crippen LogP contribution in [0.1, 0.15) is 28.4 Å². The number of methoxy groups -OCH3 is 1. The number of carbonyl (C=O) groups excluding carboxylic acids is 1. The van der Waals surface area contributed by atoms with Crippen LogP contribution >= 0.6 is 11.6 Å². The smallest absolute Gasteiger partial charge is 0.150 e. The number of allylic oxidation sites excluding steroid dienone is 1.